The Labute approximate surface area is 160 Å². The topological polar surface area (TPSA) is 99.3 Å². The molecule has 8 heteroatoms. The summed E-state index contributed by atoms with van der Waals surface area (Å²) in [4.78, 5) is -0.221. The van der Waals surface area contributed by atoms with Gasteiger partial charge in [0.25, 0.3) is 10.1 Å². The molecule has 6 nitrogen and oxygen atoms in total. The van der Waals surface area contributed by atoms with Crippen molar-refractivity contribution in [1.82, 2.24) is 0 Å². The van der Waals surface area contributed by atoms with Crippen molar-refractivity contribution in [3.63, 3.8) is 0 Å². The molecule has 0 aromatic heterocycles. The summed E-state index contributed by atoms with van der Waals surface area (Å²) >= 11 is 0. The Morgan fingerprint density at radius 2 is 1.58 bits per heavy atom. The van der Waals surface area contributed by atoms with Crippen LogP contribution in [0.5, 0.6) is 5.75 Å². The minimum atomic E-state index is -4.29. The van der Waals surface area contributed by atoms with Crippen molar-refractivity contribution in [3.05, 3.63) is 60.7 Å². The number of phenolic OH excluding ortho intramolecular Hbond substituents is 1. The largest absolute Gasteiger partial charge is 0.506 e. The molecule has 2 N–H and O–H groups in total. The summed E-state index contributed by atoms with van der Waals surface area (Å²) in [7, 11) is -4.29. The average molecular weight is 351 g/mol. The molecule has 3 aromatic carbocycles. The molecule has 0 aliphatic heterocycles. The fourth-order valence-electron chi connectivity index (χ4n) is 2.15. The maximum atomic E-state index is 11.2. The molecule has 0 saturated carbocycles. The van der Waals surface area contributed by atoms with Crippen molar-refractivity contribution in [2.45, 2.75) is 4.90 Å². The quantitative estimate of drug-likeness (QED) is 0.425. The SMILES string of the molecule is O=S(=O)(O)c1ccc2c(N=Nc3ccccc3)c(O)ccc2c1.[Na]. The summed E-state index contributed by atoms with van der Waals surface area (Å²) < 4.78 is 31.5. The van der Waals surface area contributed by atoms with E-state index < -0.39 is 10.1 Å². The monoisotopic (exact) mass is 351 g/mol. The van der Waals surface area contributed by atoms with Gasteiger partial charge in [-0.2, -0.15) is 13.5 Å². The Kier molecular flexibility index (Phi) is 5.74. The molecular weight excluding hydrogens is 339 g/mol. The van der Waals surface area contributed by atoms with Crippen LogP contribution in [-0.2, 0) is 10.1 Å². The van der Waals surface area contributed by atoms with Gasteiger partial charge < -0.3 is 5.11 Å². The second-order valence-corrected chi connectivity index (χ2v) is 6.25. The van der Waals surface area contributed by atoms with E-state index in [4.69, 9.17) is 4.55 Å². The van der Waals surface area contributed by atoms with Crippen molar-refractivity contribution in [3.8, 4) is 5.75 Å². The predicted molar refractivity (Wildman–Crippen MR) is 91.8 cm³/mol. The van der Waals surface area contributed by atoms with E-state index in [2.05, 4.69) is 10.2 Å². The first-order valence-corrected chi connectivity index (χ1v) is 8.09. The molecule has 0 saturated heterocycles. The zero-order valence-corrected chi connectivity index (χ0v) is 15.6. The Morgan fingerprint density at radius 3 is 2.25 bits per heavy atom. The maximum absolute atomic E-state index is 11.2. The van der Waals surface area contributed by atoms with Gasteiger partial charge in [0.05, 0.1) is 10.6 Å². The number of phenols is 1. The minimum Gasteiger partial charge on any atom is -0.506 e. The van der Waals surface area contributed by atoms with E-state index in [9.17, 15) is 13.5 Å². The molecule has 24 heavy (non-hydrogen) atoms. The van der Waals surface area contributed by atoms with E-state index in [0.717, 1.165) is 0 Å². The Morgan fingerprint density at radius 1 is 0.875 bits per heavy atom. The van der Waals surface area contributed by atoms with Crippen LogP contribution in [0, 0.1) is 0 Å². The Bertz CT molecular complexity index is 1010. The third kappa shape index (κ3) is 4.00. The second-order valence-electron chi connectivity index (χ2n) is 4.83. The van der Waals surface area contributed by atoms with E-state index in [1.54, 1.807) is 18.2 Å². The van der Waals surface area contributed by atoms with Gasteiger partial charge in [0.1, 0.15) is 11.4 Å². The van der Waals surface area contributed by atoms with Gasteiger partial charge in [-0.1, -0.05) is 30.3 Å². The molecule has 0 aliphatic rings. The number of nitrogens with zero attached hydrogens (tertiary/aromatic N) is 2. The number of hydrogen-bond acceptors (Lipinski definition) is 5. The summed E-state index contributed by atoms with van der Waals surface area (Å²) in [6.45, 7) is 0. The molecular formula is C16H12N2NaO4S. The van der Waals surface area contributed by atoms with Crippen LogP contribution in [0.1, 0.15) is 0 Å². The molecule has 3 rings (SSSR count). The fourth-order valence-corrected chi connectivity index (χ4v) is 2.66. The summed E-state index contributed by atoms with van der Waals surface area (Å²) in [6, 6.07) is 16.0. The van der Waals surface area contributed by atoms with Crippen molar-refractivity contribution >= 4 is 61.8 Å². The van der Waals surface area contributed by atoms with Crippen LogP contribution in [0.4, 0.5) is 11.4 Å². The molecule has 0 heterocycles. The van der Waals surface area contributed by atoms with Gasteiger partial charge in [-0.3, -0.25) is 4.55 Å². The molecule has 0 aliphatic carbocycles. The average Bonchev–Trinajstić information content (AvgIpc) is 2.53. The summed E-state index contributed by atoms with van der Waals surface area (Å²) in [6.07, 6.45) is 0. The van der Waals surface area contributed by atoms with Crippen LogP contribution >= 0.6 is 0 Å². The van der Waals surface area contributed by atoms with Gasteiger partial charge in [0, 0.05) is 34.9 Å². The van der Waals surface area contributed by atoms with Gasteiger partial charge in [-0.15, -0.1) is 5.11 Å². The zero-order chi connectivity index (χ0) is 16.4. The number of aromatic hydroxyl groups is 1. The smallest absolute Gasteiger partial charge is 0.294 e. The number of benzene rings is 3. The maximum Gasteiger partial charge on any atom is 0.294 e. The van der Waals surface area contributed by atoms with E-state index >= 15 is 0 Å². The van der Waals surface area contributed by atoms with Gasteiger partial charge in [0.2, 0.25) is 0 Å². The van der Waals surface area contributed by atoms with Crippen LogP contribution in [0.3, 0.4) is 0 Å². The van der Waals surface area contributed by atoms with Gasteiger partial charge in [-0.25, -0.2) is 0 Å². The Hall–Kier alpha value is -1.77. The third-order valence-corrected chi connectivity index (χ3v) is 4.11. The van der Waals surface area contributed by atoms with Gasteiger partial charge in [0.15, 0.2) is 0 Å². The van der Waals surface area contributed by atoms with Crippen molar-refractivity contribution in [2.24, 2.45) is 10.2 Å². The minimum absolute atomic E-state index is 0. The van der Waals surface area contributed by atoms with Crippen molar-refractivity contribution in [1.29, 1.82) is 0 Å². The first-order chi connectivity index (χ1) is 10.9. The predicted octanol–water partition coefficient (Wildman–Crippen LogP) is 3.83. The fraction of sp³-hybridized carbons (Fsp3) is 0. The van der Waals surface area contributed by atoms with Crippen molar-refractivity contribution in [2.75, 3.05) is 0 Å². The molecule has 3 aromatic rings. The van der Waals surface area contributed by atoms with E-state index in [0.29, 0.717) is 16.5 Å². The summed E-state index contributed by atoms with van der Waals surface area (Å²) in [5.41, 5.74) is 0.853. The summed E-state index contributed by atoms with van der Waals surface area (Å²) in [5.74, 6) is -0.0724. The molecule has 0 fully saturated rings. The number of rotatable bonds is 3. The van der Waals surface area contributed by atoms with Crippen molar-refractivity contribution < 1.29 is 18.1 Å². The molecule has 1 radical (unpaired) electrons. The van der Waals surface area contributed by atoms with Crippen LogP contribution in [0.2, 0.25) is 0 Å². The molecule has 0 amide bonds. The van der Waals surface area contributed by atoms with Crippen LogP contribution < -0.4 is 0 Å². The molecule has 0 atom stereocenters. The molecule has 0 unspecified atom stereocenters. The number of fused-ring (bicyclic) bond motifs is 1. The first kappa shape index (κ1) is 18.6. The molecule has 0 spiro atoms. The standard InChI is InChI=1S/C16H12N2O4S.Na/c19-15-9-6-11-10-13(23(20,21)22)7-8-14(11)16(15)18-17-12-4-2-1-3-5-12;/h1-10,19H,(H,20,21,22);. The van der Waals surface area contributed by atoms with Crippen LogP contribution in [0.15, 0.2) is 75.8 Å². The summed E-state index contributed by atoms with van der Waals surface area (Å²) in [5, 5.41) is 19.1. The number of hydrogen-bond donors (Lipinski definition) is 2. The van der Waals surface area contributed by atoms with Gasteiger partial charge >= 0.3 is 0 Å². The third-order valence-electron chi connectivity index (χ3n) is 3.26. The Balaban J connectivity index is 0.00000208. The molecule has 117 valence electrons. The van der Waals surface area contributed by atoms with Gasteiger partial charge in [-0.05, 0) is 35.7 Å². The molecule has 0 bridgehead atoms. The zero-order valence-electron chi connectivity index (χ0n) is 12.8. The number of azo groups is 1. The second kappa shape index (κ2) is 7.42. The van der Waals surface area contributed by atoms with E-state index in [-0.39, 0.29) is 45.9 Å². The van der Waals surface area contributed by atoms with E-state index in [1.807, 2.05) is 18.2 Å². The normalized spacial score (nSPS) is 11.5. The van der Waals surface area contributed by atoms with E-state index in [1.165, 1.54) is 24.3 Å². The van der Waals surface area contributed by atoms with Crippen LogP contribution in [-0.4, -0.2) is 47.6 Å². The first-order valence-electron chi connectivity index (χ1n) is 6.65. The van der Waals surface area contributed by atoms with Crippen LogP contribution in [0.25, 0.3) is 10.8 Å².